The fraction of sp³-hybridized carbons (Fsp3) is 0.500. The largest absolute Gasteiger partial charge is 0.322 e. The number of piperidine rings is 1. The second-order valence-electron chi connectivity index (χ2n) is 9.40. The van der Waals surface area contributed by atoms with Crippen molar-refractivity contribution in [2.75, 3.05) is 52.4 Å². The average molecular weight is 460 g/mol. The van der Waals surface area contributed by atoms with E-state index in [9.17, 15) is 14.4 Å². The average Bonchev–Trinajstić information content (AvgIpc) is 3.13. The van der Waals surface area contributed by atoms with E-state index in [1.54, 1.807) is 11.0 Å². The molecule has 3 saturated heterocycles. The minimum atomic E-state index is -0.607. The molecule has 1 aromatic carbocycles. The van der Waals surface area contributed by atoms with Gasteiger partial charge in [0.15, 0.2) is 0 Å². The van der Waals surface area contributed by atoms with Crippen LogP contribution in [0.15, 0.2) is 18.2 Å². The van der Waals surface area contributed by atoms with Crippen LogP contribution >= 0.6 is 0 Å². The van der Waals surface area contributed by atoms with Gasteiger partial charge in [0.2, 0.25) is 11.8 Å². The fourth-order valence-electron chi connectivity index (χ4n) is 5.27. The van der Waals surface area contributed by atoms with E-state index in [-0.39, 0.29) is 18.2 Å². The molecule has 0 aliphatic carbocycles. The van der Waals surface area contributed by atoms with Gasteiger partial charge in [0, 0.05) is 69.4 Å². The molecule has 8 heteroatoms. The Morgan fingerprint density at radius 1 is 1.03 bits per heavy atom. The Morgan fingerprint density at radius 2 is 1.82 bits per heavy atom. The van der Waals surface area contributed by atoms with Gasteiger partial charge >= 0.3 is 0 Å². The number of piperazine rings is 1. The third kappa shape index (κ3) is 4.45. The van der Waals surface area contributed by atoms with Gasteiger partial charge in [0.1, 0.15) is 6.04 Å². The summed E-state index contributed by atoms with van der Waals surface area (Å²) in [6.07, 6.45) is 6.03. The monoisotopic (exact) mass is 459 g/mol. The van der Waals surface area contributed by atoms with Crippen molar-refractivity contribution in [1.82, 2.24) is 24.9 Å². The molecule has 4 aliphatic rings. The Balaban J connectivity index is 1.16. The molecule has 3 fully saturated rings. The van der Waals surface area contributed by atoms with E-state index < -0.39 is 11.9 Å². The molecular formula is C26H29N5O3. The lowest BCUT2D eigenvalue weighted by molar-refractivity contribution is -0.136. The molecule has 176 valence electrons. The van der Waals surface area contributed by atoms with Crippen LogP contribution in [0.2, 0.25) is 0 Å². The summed E-state index contributed by atoms with van der Waals surface area (Å²) in [5.41, 5.74) is 2.31. The minimum Gasteiger partial charge on any atom is -0.322 e. The molecule has 1 unspecified atom stereocenters. The van der Waals surface area contributed by atoms with Crippen LogP contribution in [0.25, 0.3) is 0 Å². The summed E-state index contributed by atoms with van der Waals surface area (Å²) in [5.74, 6) is 8.42. The Labute approximate surface area is 200 Å². The van der Waals surface area contributed by atoms with Crippen molar-refractivity contribution in [3.63, 3.8) is 0 Å². The molecule has 0 radical (unpaired) electrons. The highest BCUT2D eigenvalue weighted by molar-refractivity contribution is 6.05. The predicted molar refractivity (Wildman–Crippen MR) is 126 cm³/mol. The van der Waals surface area contributed by atoms with Gasteiger partial charge in [-0.1, -0.05) is 23.8 Å². The molecule has 1 N–H and O–H groups in total. The van der Waals surface area contributed by atoms with Gasteiger partial charge in [-0.2, -0.15) is 0 Å². The summed E-state index contributed by atoms with van der Waals surface area (Å²) in [4.78, 5) is 45.5. The molecule has 0 spiro atoms. The van der Waals surface area contributed by atoms with Crippen LogP contribution in [0.1, 0.15) is 34.3 Å². The number of carbonyl (C=O) groups excluding carboxylic acids is 3. The van der Waals surface area contributed by atoms with Gasteiger partial charge in [-0.3, -0.25) is 34.4 Å². The summed E-state index contributed by atoms with van der Waals surface area (Å²) in [7, 11) is 0. The molecule has 0 bridgehead atoms. The molecule has 1 atom stereocenters. The summed E-state index contributed by atoms with van der Waals surface area (Å²) in [6, 6.07) is 5.55. The van der Waals surface area contributed by atoms with Crippen molar-refractivity contribution in [2.45, 2.75) is 31.5 Å². The SMILES string of the molecule is C#CCN1CCN(C2CN(CC#Cc3cccc4c3CN(C3CCC(=O)NC3=O)C4=O)C2)CC1. The van der Waals surface area contributed by atoms with Crippen molar-refractivity contribution >= 4 is 17.7 Å². The third-order valence-corrected chi connectivity index (χ3v) is 7.28. The van der Waals surface area contributed by atoms with E-state index in [2.05, 4.69) is 37.8 Å². The number of hydrogen-bond donors (Lipinski definition) is 1. The number of terminal acetylenes is 1. The standard InChI is InChI=1S/C26H29N5O3/c1-2-10-28-12-14-30(15-13-28)20-16-29(17-20)11-4-6-19-5-3-7-21-22(19)18-31(26(21)34)23-8-9-24(32)27-25(23)33/h1,3,5,7,20,23H,8-18H2,(H,27,32,33). The normalized spacial score (nSPS) is 24.1. The maximum Gasteiger partial charge on any atom is 0.255 e. The first kappa shape index (κ1) is 22.6. The highest BCUT2D eigenvalue weighted by Crippen LogP contribution is 2.29. The Kier molecular flexibility index (Phi) is 6.38. The maximum atomic E-state index is 12.9. The number of rotatable bonds is 4. The Bertz CT molecular complexity index is 1100. The number of carbonyl (C=O) groups is 3. The highest BCUT2D eigenvalue weighted by Gasteiger charge is 2.39. The maximum absolute atomic E-state index is 12.9. The zero-order valence-corrected chi connectivity index (χ0v) is 19.3. The molecule has 1 aromatic rings. The summed E-state index contributed by atoms with van der Waals surface area (Å²) in [6.45, 7) is 8.05. The summed E-state index contributed by atoms with van der Waals surface area (Å²) >= 11 is 0. The zero-order chi connectivity index (χ0) is 23.7. The molecule has 3 amide bonds. The first-order valence-electron chi connectivity index (χ1n) is 11.9. The quantitative estimate of drug-likeness (QED) is 0.494. The zero-order valence-electron chi connectivity index (χ0n) is 19.3. The lowest BCUT2D eigenvalue weighted by atomic mass is 10.0. The van der Waals surface area contributed by atoms with Gasteiger partial charge in [-0.25, -0.2) is 0 Å². The van der Waals surface area contributed by atoms with Crippen molar-refractivity contribution < 1.29 is 14.4 Å². The van der Waals surface area contributed by atoms with Gasteiger partial charge in [-0.15, -0.1) is 6.42 Å². The van der Waals surface area contributed by atoms with E-state index >= 15 is 0 Å². The first-order valence-corrected chi connectivity index (χ1v) is 11.9. The van der Waals surface area contributed by atoms with Crippen LogP contribution in [-0.4, -0.2) is 102 Å². The van der Waals surface area contributed by atoms with Crippen molar-refractivity contribution in [3.05, 3.63) is 34.9 Å². The number of imide groups is 1. The molecule has 0 saturated carbocycles. The van der Waals surface area contributed by atoms with Crippen molar-refractivity contribution in [3.8, 4) is 24.2 Å². The van der Waals surface area contributed by atoms with Crippen molar-refractivity contribution in [1.29, 1.82) is 0 Å². The molecule has 34 heavy (non-hydrogen) atoms. The minimum absolute atomic E-state index is 0.166. The summed E-state index contributed by atoms with van der Waals surface area (Å²) < 4.78 is 0. The number of nitrogens with zero attached hydrogens (tertiary/aromatic N) is 4. The summed E-state index contributed by atoms with van der Waals surface area (Å²) in [5, 5.41) is 2.34. The van der Waals surface area contributed by atoms with Gasteiger partial charge < -0.3 is 4.90 Å². The molecule has 4 heterocycles. The Morgan fingerprint density at radius 3 is 2.56 bits per heavy atom. The number of likely N-dealkylation sites (tertiary alicyclic amines) is 1. The number of hydrogen-bond acceptors (Lipinski definition) is 6. The Hall–Kier alpha value is -3.17. The second kappa shape index (κ2) is 9.60. The number of fused-ring (bicyclic) bond motifs is 1. The van der Waals surface area contributed by atoms with Crippen LogP contribution < -0.4 is 5.32 Å². The van der Waals surface area contributed by atoms with E-state index in [1.165, 1.54) is 0 Å². The van der Waals surface area contributed by atoms with Crippen LogP contribution in [0, 0.1) is 24.2 Å². The molecular weight excluding hydrogens is 430 g/mol. The number of benzene rings is 1. The lowest BCUT2D eigenvalue weighted by Crippen LogP contribution is -2.62. The third-order valence-electron chi connectivity index (χ3n) is 7.28. The fourth-order valence-corrected chi connectivity index (χ4v) is 5.27. The first-order chi connectivity index (χ1) is 16.5. The molecule has 5 rings (SSSR count). The van der Waals surface area contributed by atoms with Gasteiger partial charge in [0.25, 0.3) is 5.91 Å². The number of amides is 3. The second-order valence-corrected chi connectivity index (χ2v) is 9.40. The lowest BCUT2D eigenvalue weighted by Gasteiger charge is -2.47. The van der Waals surface area contributed by atoms with Gasteiger partial charge in [-0.05, 0) is 24.1 Å². The smallest absolute Gasteiger partial charge is 0.255 e. The van der Waals surface area contributed by atoms with Crippen LogP contribution in [0.3, 0.4) is 0 Å². The van der Waals surface area contributed by atoms with Gasteiger partial charge in [0.05, 0.1) is 13.1 Å². The van der Waals surface area contributed by atoms with Crippen LogP contribution in [-0.2, 0) is 16.1 Å². The molecule has 0 aromatic heterocycles. The predicted octanol–water partition coefficient (Wildman–Crippen LogP) is -0.266. The van der Waals surface area contributed by atoms with E-state index in [1.807, 2.05) is 12.1 Å². The topological polar surface area (TPSA) is 76.2 Å². The van der Waals surface area contributed by atoms with E-state index in [0.717, 1.165) is 56.9 Å². The van der Waals surface area contributed by atoms with Crippen LogP contribution in [0.5, 0.6) is 0 Å². The molecule has 8 nitrogen and oxygen atoms in total. The van der Waals surface area contributed by atoms with Crippen molar-refractivity contribution in [2.24, 2.45) is 0 Å². The van der Waals surface area contributed by atoms with Crippen LogP contribution in [0.4, 0.5) is 0 Å². The van der Waals surface area contributed by atoms with E-state index in [0.29, 0.717) is 31.1 Å². The number of nitrogens with one attached hydrogen (secondary N) is 1. The highest BCUT2D eigenvalue weighted by atomic mass is 16.2. The van der Waals surface area contributed by atoms with E-state index in [4.69, 9.17) is 6.42 Å². The molecule has 4 aliphatic heterocycles.